The molecule has 0 bridgehead atoms. The number of amides is 2. The average molecular weight is 461 g/mol. The quantitative estimate of drug-likeness (QED) is 0.652. The number of rotatable bonds is 7. The molecule has 9 nitrogen and oxygen atoms in total. The Bertz CT molecular complexity index is 855. The SMILES string of the molecule is C/C=C/c1cnc2c(c1)C(=O)N([C@H](C)CO)C[C@H](C)[C@@H](CN(C)C(=O)CN1CCOCC1)O2. The van der Waals surface area contributed by atoms with Crippen LogP contribution in [0.15, 0.2) is 18.3 Å². The molecule has 3 atom stereocenters. The van der Waals surface area contributed by atoms with Gasteiger partial charge in [0.2, 0.25) is 11.8 Å². The van der Waals surface area contributed by atoms with E-state index in [2.05, 4.69) is 9.88 Å². The maximum absolute atomic E-state index is 13.3. The van der Waals surface area contributed by atoms with Gasteiger partial charge in [0, 0.05) is 38.8 Å². The third kappa shape index (κ3) is 6.31. The second kappa shape index (κ2) is 11.6. The number of nitrogens with zero attached hydrogens (tertiary/aromatic N) is 4. The van der Waals surface area contributed by atoms with E-state index in [0.29, 0.717) is 38.4 Å². The van der Waals surface area contributed by atoms with E-state index in [0.717, 1.165) is 18.7 Å². The van der Waals surface area contributed by atoms with Crippen molar-refractivity contribution in [2.24, 2.45) is 5.92 Å². The number of aliphatic hydroxyl groups is 1. The van der Waals surface area contributed by atoms with Gasteiger partial charge in [-0.1, -0.05) is 19.1 Å². The number of hydrogen-bond donors (Lipinski definition) is 1. The van der Waals surface area contributed by atoms with Gasteiger partial charge in [-0.15, -0.1) is 0 Å². The van der Waals surface area contributed by atoms with E-state index in [9.17, 15) is 14.7 Å². The molecule has 0 saturated carbocycles. The fraction of sp³-hybridized carbons (Fsp3) is 0.625. The van der Waals surface area contributed by atoms with Crippen molar-refractivity contribution in [1.29, 1.82) is 0 Å². The zero-order valence-electron chi connectivity index (χ0n) is 20.1. The summed E-state index contributed by atoms with van der Waals surface area (Å²) in [6.07, 6.45) is 5.06. The lowest BCUT2D eigenvalue weighted by molar-refractivity contribution is -0.133. The molecule has 1 aromatic rings. The number of pyridine rings is 1. The lowest BCUT2D eigenvalue weighted by atomic mass is 10.00. The van der Waals surface area contributed by atoms with Gasteiger partial charge >= 0.3 is 0 Å². The molecule has 0 radical (unpaired) electrons. The second-order valence-corrected chi connectivity index (χ2v) is 8.91. The van der Waals surface area contributed by atoms with Crippen molar-refractivity contribution in [2.75, 3.05) is 59.6 Å². The Morgan fingerprint density at radius 2 is 2.12 bits per heavy atom. The Morgan fingerprint density at radius 1 is 1.39 bits per heavy atom. The van der Waals surface area contributed by atoms with Gasteiger partial charge in [0.15, 0.2) is 0 Å². The van der Waals surface area contributed by atoms with Crippen LogP contribution in [-0.4, -0.2) is 108 Å². The number of morpholine rings is 1. The summed E-state index contributed by atoms with van der Waals surface area (Å²) in [5.74, 6) is -0.0174. The summed E-state index contributed by atoms with van der Waals surface area (Å²) in [4.78, 5) is 36.1. The third-order valence-electron chi connectivity index (χ3n) is 6.24. The van der Waals surface area contributed by atoms with Crippen molar-refractivity contribution < 1.29 is 24.2 Å². The van der Waals surface area contributed by atoms with Gasteiger partial charge in [0.1, 0.15) is 11.7 Å². The van der Waals surface area contributed by atoms with E-state index >= 15 is 0 Å². The summed E-state index contributed by atoms with van der Waals surface area (Å²) in [7, 11) is 1.78. The van der Waals surface area contributed by atoms with E-state index in [1.807, 2.05) is 32.9 Å². The summed E-state index contributed by atoms with van der Waals surface area (Å²) >= 11 is 0. The topological polar surface area (TPSA) is 95.4 Å². The standard InChI is InChI=1S/C24H36N4O5/c1-5-6-19-11-20-23(25-12-19)33-21(17(2)13-28(24(20)31)18(3)16-29)14-26(4)22(30)15-27-7-9-32-10-8-27/h5-6,11-12,17-18,21,29H,7-10,13-16H2,1-4H3/b6-5+/t17-,18+,21+/m0/s1. The zero-order chi connectivity index (χ0) is 24.0. The smallest absolute Gasteiger partial charge is 0.259 e. The number of fused-ring (bicyclic) bond motifs is 1. The van der Waals surface area contributed by atoms with Gasteiger partial charge in [0.05, 0.1) is 39.0 Å². The predicted molar refractivity (Wildman–Crippen MR) is 125 cm³/mol. The Labute approximate surface area is 196 Å². The Balaban J connectivity index is 1.82. The van der Waals surface area contributed by atoms with Gasteiger partial charge in [0.25, 0.3) is 5.91 Å². The summed E-state index contributed by atoms with van der Waals surface area (Å²) in [5.41, 5.74) is 1.16. The maximum atomic E-state index is 13.3. The van der Waals surface area contributed by atoms with Crippen LogP contribution in [0.2, 0.25) is 0 Å². The minimum Gasteiger partial charge on any atom is -0.472 e. The van der Waals surface area contributed by atoms with Crippen LogP contribution in [0.5, 0.6) is 5.88 Å². The number of likely N-dealkylation sites (N-methyl/N-ethyl adjacent to an activating group) is 1. The van der Waals surface area contributed by atoms with Crippen LogP contribution < -0.4 is 4.74 Å². The molecule has 3 heterocycles. The van der Waals surface area contributed by atoms with E-state index in [-0.39, 0.29) is 42.4 Å². The summed E-state index contributed by atoms with van der Waals surface area (Å²) in [6.45, 7) is 9.48. The van der Waals surface area contributed by atoms with Gasteiger partial charge in [-0.25, -0.2) is 4.98 Å². The van der Waals surface area contributed by atoms with E-state index in [1.165, 1.54) is 0 Å². The molecule has 1 N–H and O–H groups in total. The fourth-order valence-electron chi connectivity index (χ4n) is 4.06. The number of carbonyl (C=O) groups excluding carboxylic acids is 2. The molecule has 0 aliphatic carbocycles. The number of carbonyl (C=O) groups is 2. The molecule has 2 amide bonds. The molecule has 33 heavy (non-hydrogen) atoms. The van der Waals surface area contributed by atoms with Crippen LogP contribution in [0.1, 0.15) is 36.7 Å². The number of allylic oxidation sites excluding steroid dienone is 1. The molecule has 0 unspecified atom stereocenters. The molecule has 0 spiro atoms. The molecule has 3 rings (SSSR count). The molecule has 1 aromatic heterocycles. The Morgan fingerprint density at radius 3 is 2.79 bits per heavy atom. The number of aromatic nitrogens is 1. The summed E-state index contributed by atoms with van der Waals surface area (Å²) < 4.78 is 11.6. The van der Waals surface area contributed by atoms with Crippen LogP contribution in [-0.2, 0) is 9.53 Å². The molecule has 182 valence electrons. The fourth-order valence-corrected chi connectivity index (χ4v) is 4.06. The highest BCUT2D eigenvalue weighted by molar-refractivity contribution is 5.97. The second-order valence-electron chi connectivity index (χ2n) is 8.91. The first-order valence-corrected chi connectivity index (χ1v) is 11.6. The highest BCUT2D eigenvalue weighted by Crippen LogP contribution is 2.27. The van der Waals surface area contributed by atoms with Gasteiger partial charge < -0.3 is 24.4 Å². The van der Waals surface area contributed by atoms with Crippen molar-refractivity contribution in [1.82, 2.24) is 19.7 Å². The monoisotopic (exact) mass is 460 g/mol. The van der Waals surface area contributed by atoms with Crippen LogP contribution in [0, 0.1) is 5.92 Å². The highest BCUT2D eigenvalue weighted by atomic mass is 16.5. The minimum atomic E-state index is -0.357. The number of hydrogen-bond acceptors (Lipinski definition) is 7. The largest absolute Gasteiger partial charge is 0.472 e. The van der Waals surface area contributed by atoms with Gasteiger partial charge in [-0.3, -0.25) is 14.5 Å². The van der Waals surface area contributed by atoms with Crippen LogP contribution in [0.3, 0.4) is 0 Å². The molecule has 1 saturated heterocycles. The van der Waals surface area contributed by atoms with Crippen LogP contribution >= 0.6 is 0 Å². The van der Waals surface area contributed by atoms with Gasteiger partial charge in [-0.05, 0) is 25.5 Å². The molecule has 2 aliphatic rings. The Kier molecular flexibility index (Phi) is 8.82. The van der Waals surface area contributed by atoms with Crippen LogP contribution in [0.4, 0.5) is 0 Å². The summed E-state index contributed by atoms with van der Waals surface area (Å²) in [5, 5.41) is 9.76. The molecule has 2 aliphatic heterocycles. The Hall–Kier alpha value is -2.49. The lowest BCUT2D eigenvalue weighted by Gasteiger charge is -2.38. The molecule has 1 fully saturated rings. The summed E-state index contributed by atoms with van der Waals surface area (Å²) in [6, 6.07) is 1.42. The lowest BCUT2D eigenvalue weighted by Crippen LogP contribution is -2.51. The normalized spacial score (nSPS) is 22.9. The predicted octanol–water partition coefficient (Wildman–Crippen LogP) is 1.13. The van der Waals surface area contributed by atoms with Gasteiger partial charge in [-0.2, -0.15) is 0 Å². The maximum Gasteiger partial charge on any atom is 0.259 e. The molecular weight excluding hydrogens is 424 g/mol. The van der Waals surface area contributed by atoms with E-state index in [1.54, 1.807) is 29.1 Å². The van der Waals surface area contributed by atoms with Crippen LogP contribution in [0.25, 0.3) is 6.08 Å². The average Bonchev–Trinajstić information content (AvgIpc) is 2.82. The minimum absolute atomic E-state index is 0.0167. The van der Waals surface area contributed by atoms with Crippen molar-refractivity contribution in [3.63, 3.8) is 0 Å². The first-order chi connectivity index (χ1) is 15.8. The van der Waals surface area contributed by atoms with E-state index in [4.69, 9.17) is 9.47 Å². The molecule has 0 aromatic carbocycles. The first kappa shape index (κ1) is 25.1. The third-order valence-corrected chi connectivity index (χ3v) is 6.24. The van der Waals surface area contributed by atoms with Crippen molar-refractivity contribution in [3.05, 3.63) is 29.5 Å². The number of aliphatic hydroxyl groups excluding tert-OH is 1. The van der Waals surface area contributed by atoms with Crippen molar-refractivity contribution >= 4 is 17.9 Å². The van der Waals surface area contributed by atoms with Crippen molar-refractivity contribution in [2.45, 2.75) is 32.9 Å². The molecule has 9 heteroatoms. The molecular formula is C24H36N4O5. The highest BCUT2D eigenvalue weighted by Gasteiger charge is 2.34. The number of ether oxygens (including phenoxy) is 2. The zero-order valence-corrected chi connectivity index (χ0v) is 20.1. The first-order valence-electron chi connectivity index (χ1n) is 11.6. The van der Waals surface area contributed by atoms with E-state index < -0.39 is 0 Å². The van der Waals surface area contributed by atoms with Crippen molar-refractivity contribution in [3.8, 4) is 5.88 Å².